The number of imide groups is 2. The molecule has 0 radical (unpaired) electrons. The number of hydrazine groups is 2. The first-order valence-electron chi connectivity index (χ1n) is 16.1. The van der Waals surface area contributed by atoms with Crippen molar-refractivity contribution in [1.82, 2.24) is 46.4 Å². The number of carbonyl (C=O) groups is 4. The molecule has 0 aliphatic carbocycles. The maximum Gasteiger partial charge on any atom is 0.261 e. The van der Waals surface area contributed by atoms with Crippen LogP contribution < -0.4 is 26.6 Å². The van der Waals surface area contributed by atoms with Gasteiger partial charge in [-0.05, 0) is 55.9 Å². The molecule has 0 saturated heterocycles. The third-order valence-electron chi connectivity index (χ3n) is 9.09. The van der Waals surface area contributed by atoms with Gasteiger partial charge in [0.25, 0.3) is 23.6 Å². The predicted molar refractivity (Wildman–Crippen MR) is 182 cm³/mol. The Morgan fingerprint density at radius 3 is 1.71 bits per heavy atom. The molecule has 14 nitrogen and oxygen atoms in total. The Morgan fingerprint density at radius 2 is 1.18 bits per heavy atom. The molecule has 0 spiro atoms. The monoisotopic (exact) mass is 656 g/mol. The van der Waals surface area contributed by atoms with Gasteiger partial charge in [-0.1, -0.05) is 29.5 Å². The lowest BCUT2D eigenvalue weighted by Gasteiger charge is -2.29. The van der Waals surface area contributed by atoms with Crippen molar-refractivity contribution >= 4 is 50.9 Å². The lowest BCUT2D eigenvalue weighted by atomic mass is 9.93. The molecule has 14 heteroatoms. The van der Waals surface area contributed by atoms with Gasteiger partial charge in [-0.3, -0.25) is 34.0 Å². The smallest absolute Gasteiger partial charge is 0.261 e. The Morgan fingerprint density at radius 1 is 0.633 bits per heavy atom. The third kappa shape index (κ3) is 5.18. The Balaban J connectivity index is 0.813. The second-order valence-electron chi connectivity index (χ2n) is 11.9. The summed E-state index contributed by atoms with van der Waals surface area (Å²) >= 11 is 0. The normalized spacial score (nSPS) is 15.3. The molecule has 0 bridgehead atoms. The van der Waals surface area contributed by atoms with Crippen LogP contribution in [0.3, 0.4) is 0 Å². The van der Waals surface area contributed by atoms with E-state index < -0.39 is 0 Å². The summed E-state index contributed by atoms with van der Waals surface area (Å²) in [5.74, 6) is -1.24. The highest BCUT2D eigenvalue weighted by Gasteiger charge is 2.34. The molecular formula is C35H32N10O4. The molecule has 0 saturated carbocycles. The summed E-state index contributed by atoms with van der Waals surface area (Å²) in [6, 6.07) is 18.2. The van der Waals surface area contributed by atoms with Gasteiger partial charge in [0.15, 0.2) is 0 Å². The van der Waals surface area contributed by atoms with Crippen LogP contribution in [-0.2, 0) is 0 Å². The molecule has 5 aromatic rings. The van der Waals surface area contributed by atoms with Gasteiger partial charge in [0.2, 0.25) is 0 Å². The number of nitrogens with zero attached hydrogens (tertiary/aromatic N) is 6. The van der Waals surface area contributed by atoms with Crippen molar-refractivity contribution in [3.8, 4) is 5.69 Å². The van der Waals surface area contributed by atoms with Gasteiger partial charge < -0.3 is 16.1 Å². The minimum absolute atomic E-state index is 0.239. The zero-order valence-electron chi connectivity index (χ0n) is 26.3. The maximum atomic E-state index is 13.4. The van der Waals surface area contributed by atoms with E-state index in [4.69, 9.17) is 0 Å². The third-order valence-corrected chi connectivity index (χ3v) is 9.09. The summed E-state index contributed by atoms with van der Waals surface area (Å²) in [5.41, 5.74) is 9.49. The molecule has 4 amide bonds. The van der Waals surface area contributed by atoms with Crippen LogP contribution in [0.4, 0.5) is 5.69 Å². The molecule has 0 fully saturated rings. The van der Waals surface area contributed by atoms with Gasteiger partial charge in [-0.2, -0.15) is 0 Å². The average molecular weight is 657 g/mol. The van der Waals surface area contributed by atoms with E-state index in [9.17, 15) is 19.2 Å². The second-order valence-corrected chi connectivity index (χ2v) is 11.9. The molecule has 4 aromatic carbocycles. The van der Waals surface area contributed by atoms with E-state index in [1.807, 2.05) is 42.6 Å². The van der Waals surface area contributed by atoms with Crippen molar-refractivity contribution in [3.63, 3.8) is 0 Å². The largest absolute Gasteiger partial charge is 0.315 e. The first kappa shape index (κ1) is 30.4. The van der Waals surface area contributed by atoms with Crippen LogP contribution >= 0.6 is 0 Å². The Bertz CT molecular complexity index is 2140. The fourth-order valence-electron chi connectivity index (χ4n) is 6.78. The molecular weight excluding hydrogens is 624 g/mol. The molecule has 49 heavy (non-hydrogen) atoms. The molecule has 3 aliphatic rings. The molecule has 246 valence electrons. The quantitative estimate of drug-likeness (QED) is 0.115. The van der Waals surface area contributed by atoms with Crippen LogP contribution in [-0.4, -0.2) is 87.7 Å². The van der Waals surface area contributed by atoms with Gasteiger partial charge >= 0.3 is 0 Å². The Hall–Kier alpha value is -5.96. The number of nitrogens with one attached hydrogen (secondary N) is 4. The lowest BCUT2D eigenvalue weighted by molar-refractivity contribution is 0.0597. The lowest BCUT2D eigenvalue weighted by Crippen LogP contribution is -2.44. The number of rotatable bonds is 12. The molecule has 0 atom stereocenters. The van der Waals surface area contributed by atoms with Crippen molar-refractivity contribution in [2.45, 2.75) is 6.42 Å². The Kier molecular flexibility index (Phi) is 7.80. The van der Waals surface area contributed by atoms with Crippen LogP contribution in [0.15, 0.2) is 85.5 Å². The van der Waals surface area contributed by atoms with E-state index >= 15 is 0 Å². The van der Waals surface area contributed by atoms with E-state index in [0.717, 1.165) is 28.6 Å². The van der Waals surface area contributed by atoms with Gasteiger partial charge in [0.1, 0.15) is 0 Å². The summed E-state index contributed by atoms with van der Waals surface area (Å²) in [7, 11) is 0. The number of amides is 4. The molecule has 4 N–H and O–H groups in total. The minimum Gasteiger partial charge on any atom is -0.315 e. The zero-order chi connectivity index (χ0) is 33.5. The summed E-state index contributed by atoms with van der Waals surface area (Å²) in [5, 5.41) is 19.3. The van der Waals surface area contributed by atoms with Crippen LogP contribution in [0.2, 0.25) is 0 Å². The zero-order valence-corrected chi connectivity index (χ0v) is 26.3. The SMILES string of the molecule is O=C1c2cccc3c(N4C=CNN4)ccc(c23)C(=O)N1CCNCCCNCCN1C(=O)c2cccc3c(-n4ccnn4)ccc(c23)C1=O. The molecule has 1 aromatic heterocycles. The van der Waals surface area contributed by atoms with Gasteiger partial charge in [0.05, 0.1) is 23.8 Å². The highest BCUT2D eigenvalue weighted by atomic mass is 16.2. The van der Waals surface area contributed by atoms with E-state index in [0.29, 0.717) is 59.2 Å². The van der Waals surface area contributed by atoms with E-state index in [1.165, 1.54) is 9.80 Å². The van der Waals surface area contributed by atoms with Crippen molar-refractivity contribution in [1.29, 1.82) is 0 Å². The fraction of sp³-hybridized carbons (Fsp3) is 0.200. The fourth-order valence-corrected chi connectivity index (χ4v) is 6.78. The summed E-state index contributed by atoms with van der Waals surface area (Å²) < 4.78 is 1.62. The minimum atomic E-state index is -0.318. The van der Waals surface area contributed by atoms with Gasteiger partial charge in [-0.15, -0.1) is 10.6 Å². The van der Waals surface area contributed by atoms with Crippen molar-refractivity contribution in [3.05, 3.63) is 108 Å². The van der Waals surface area contributed by atoms with Crippen LogP contribution in [0.5, 0.6) is 0 Å². The molecule has 0 unspecified atom stereocenters. The molecule has 4 heterocycles. The highest BCUT2D eigenvalue weighted by molar-refractivity contribution is 6.27. The molecule has 8 rings (SSSR count). The predicted octanol–water partition coefficient (Wildman–Crippen LogP) is 2.34. The number of benzene rings is 4. The summed E-state index contributed by atoms with van der Waals surface area (Å²) in [4.78, 5) is 56.2. The van der Waals surface area contributed by atoms with Crippen LogP contribution in [0.25, 0.3) is 27.2 Å². The first-order valence-corrected chi connectivity index (χ1v) is 16.1. The standard InChI is InChI=1S/C35H32N10O4/c46-32-24-6-1-4-22-28(44-20-16-38-40-44)10-8-26(30(22)24)34(48)42(32)18-14-36-12-3-13-37-15-19-43-33(47)25-7-2-5-23-29(45-21-17-39-41-45)11-9-27(31(23)25)35(43)49/h1-2,4-11,16-17,20-21,36-38,40H,3,12-15,18-19H2. The topological polar surface area (TPSA) is 157 Å². The number of anilines is 1. The Labute approximate surface area is 280 Å². The summed E-state index contributed by atoms with van der Waals surface area (Å²) in [6.45, 7) is 2.71. The second kappa shape index (κ2) is 12.6. The summed E-state index contributed by atoms with van der Waals surface area (Å²) in [6.07, 6.45) is 7.66. The highest BCUT2D eigenvalue weighted by Crippen LogP contribution is 2.36. The van der Waals surface area contributed by atoms with Gasteiger partial charge in [-0.25, -0.2) is 4.68 Å². The average Bonchev–Trinajstić information content (AvgIpc) is 3.87. The molecule has 3 aliphatic heterocycles. The number of hydrogen-bond acceptors (Lipinski definition) is 11. The van der Waals surface area contributed by atoms with Crippen LogP contribution in [0.1, 0.15) is 47.9 Å². The van der Waals surface area contributed by atoms with Crippen molar-refractivity contribution < 1.29 is 19.2 Å². The number of aromatic nitrogens is 3. The van der Waals surface area contributed by atoms with Crippen molar-refractivity contribution in [2.24, 2.45) is 0 Å². The van der Waals surface area contributed by atoms with Gasteiger partial charge in [0, 0.05) is 82.4 Å². The number of carbonyl (C=O) groups excluding carboxylic acids is 4. The maximum absolute atomic E-state index is 13.4. The van der Waals surface area contributed by atoms with E-state index in [1.54, 1.807) is 52.5 Å². The first-order chi connectivity index (χ1) is 24.0. The van der Waals surface area contributed by atoms with E-state index in [2.05, 4.69) is 31.9 Å². The van der Waals surface area contributed by atoms with E-state index in [-0.39, 0.29) is 36.7 Å². The van der Waals surface area contributed by atoms with Crippen LogP contribution in [0, 0.1) is 0 Å². The number of hydrogen-bond donors (Lipinski definition) is 4. The van der Waals surface area contributed by atoms with Crippen molar-refractivity contribution in [2.75, 3.05) is 44.3 Å².